The Morgan fingerprint density at radius 1 is 1.36 bits per heavy atom. The number of pyridine rings is 1. The fraction of sp³-hybridized carbons (Fsp3) is 0.273. The Hall–Kier alpha value is -1.64. The second-order valence-electron chi connectivity index (χ2n) is 3.46. The Morgan fingerprint density at radius 3 is 2.71 bits per heavy atom. The molecule has 0 unspecified atom stereocenters. The molecule has 0 saturated heterocycles. The topological polar surface area (TPSA) is 34.4 Å². The van der Waals surface area contributed by atoms with Gasteiger partial charge in [-0.2, -0.15) is 0 Å². The van der Waals surface area contributed by atoms with E-state index in [9.17, 15) is 4.79 Å². The van der Waals surface area contributed by atoms with Crippen molar-refractivity contribution in [1.82, 2.24) is 9.38 Å². The van der Waals surface area contributed by atoms with Gasteiger partial charge in [-0.25, -0.2) is 4.98 Å². The first-order valence-electron chi connectivity index (χ1n) is 4.57. The number of Topliss-reactive ketones (excluding diaryl/α,β-unsaturated/α-hetero) is 1. The van der Waals surface area contributed by atoms with Gasteiger partial charge in [-0.05, 0) is 26.0 Å². The molecule has 0 aliphatic carbocycles. The van der Waals surface area contributed by atoms with Crippen molar-refractivity contribution in [3.63, 3.8) is 0 Å². The summed E-state index contributed by atoms with van der Waals surface area (Å²) in [6, 6.07) is 5.83. The Labute approximate surface area is 82.4 Å². The maximum Gasteiger partial charge on any atom is 0.178 e. The average molecular weight is 188 g/mol. The summed E-state index contributed by atoms with van der Waals surface area (Å²) in [5, 5.41) is 0. The van der Waals surface area contributed by atoms with Crippen molar-refractivity contribution in [2.75, 3.05) is 0 Å². The molecule has 0 N–H and O–H groups in total. The van der Waals surface area contributed by atoms with Crippen molar-refractivity contribution < 1.29 is 4.79 Å². The number of hydrogen-bond acceptors (Lipinski definition) is 2. The molecular weight excluding hydrogens is 176 g/mol. The third-order valence-electron chi connectivity index (χ3n) is 2.35. The summed E-state index contributed by atoms with van der Waals surface area (Å²) >= 11 is 0. The van der Waals surface area contributed by atoms with Crippen LogP contribution in [0, 0.1) is 13.8 Å². The highest BCUT2D eigenvalue weighted by Crippen LogP contribution is 2.14. The molecule has 0 fully saturated rings. The minimum atomic E-state index is 0.0595. The first kappa shape index (κ1) is 8.94. The van der Waals surface area contributed by atoms with Crippen LogP contribution in [0.15, 0.2) is 18.2 Å². The van der Waals surface area contributed by atoms with E-state index in [1.165, 1.54) is 0 Å². The monoisotopic (exact) mass is 188 g/mol. The normalized spacial score (nSPS) is 10.8. The zero-order chi connectivity index (χ0) is 10.3. The van der Waals surface area contributed by atoms with Gasteiger partial charge < -0.3 is 0 Å². The maximum atomic E-state index is 11.4. The predicted molar refractivity (Wildman–Crippen MR) is 54.7 cm³/mol. The van der Waals surface area contributed by atoms with Crippen molar-refractivity contribution in [2.24, 2.45) is 0 Å². The zero-order valence-electron chi connectivity index (χ0n) is 8.53. The molecule has 0 spiro atoms. The van der Waals surface area contributed by atoms with Crippen molar-refractivity contribution in [2.45, 2.75) is 20.8 Å². The number of hydrogen-bond donors (Lipinski definition) is 0. The van der Waals surface area contributed by atoms with Gasteiger partial charge in [0.15, 0.2) is 5.78 Å². The Morgan fingerprint density at radius 2 is 2.07 bits per heavy atom. The minimum absolute atomic E-state index is 0.0595. The van der Waals surface area contributed by atoms with Gasteiger partial charge in [-0.15, -0.1) is 0 Å². The van der Waals surface area contributed by atoms with Crippen LogP contribution in [-0.2, 0) is 0 Å². The quantitative estimate of drug-likeness (QED) is 0.642. The number of carbonyl (C=O) groups is 1. The van der Waals surface area contributed by atoms with Gasteiger partial charge in [0.25, 0.3) is 0 Å². The lowest BCUT2D eigenvalue weighted by molar-refractivity contribution is 0.101. The minimum Gasteiger partial charge on any atom is -0.294 e. The van der Waals surface area contributed by atoms with E-state index in [4.69, 9.17) is 0 Å². The van der Waals surface area contributed by atoms with Gasteiger partial charge in [0.05, 0.1) is 5.69 Å². The van der Waals surface area contributed by atoms with Crippen molar-refractivity contribution in [1.29, 1.82) is 0 Å². The fourth-order valence-corrected chi connectivity index (χ4v) is 1.78. The molecule has 72 valence electrons. The van der Waals surface area contributed by atoms with Gasteiger partial charge in [-0.3, -0.25) is 9.20 Å². The first-order valence-corrected chi connectivity index (χ1v) is 4.57. The zero-order valence-corrected chi connectivity index (χ0v) is 8.53. The molecule has 0 atom stereocenters. The van der Waals surface area contributed by atoms with E-state index in [-0.39, 0.29) is 5.78 Å². The van der Waals surface area contributed by atoms with E-state index < -0.39 is 0 Å². The third-order valence-corrected chi connectivity index (χ3v) is 2.35. The van der Waals surface area contributed by atoms with Gasteiger partial charge >= 0.3 is 0 Å². The molecular formula is C11H12N2O. The molecule has 2 rings (SSSR count). The molecule has 0 bridgehead atoms. The summed E-state index contributed by atoms with van der Waals surface area (Å²) in [4.78, 5) is 15.8. The summed E-state index contributed by atoms with van der Waals surface area (Å²) in [6.07, 6.45) is 0. The van der Waals surface area contributed by atoms with Gasteiger partial charge in [0, 0.05) is 12.6 Å². The Balaban J connectivity index is 2.93. The van der Waals surface area contributed by atoms with Gasteiger partial charge in [0.1, 0.15) is 11.3 Å². The molecule has 0 saturated carbocycles. The average Bonchev–Trinajstić information content (AvgIpc) is 2.42. The number of aryl methyl sites for hydroxylation is 2. The van der Waals surface area contributed by atoms with Crippen LogP contribution in [0.4, 0.5) is 0 Å². The van der Waals surface area contributed by atoms with E-state index in [0.717, 1.165) is 17.0 Å². The molecule has 0 amide bonds. The molecule has 0 radical (unpaired) electrons. The number of nitrogens with zero attached hydrogens (tertiary/aromatic N) is 2. The largest absolute Gasteiger partial charge is 0.294 e. The number of imidazole rings is 1. The molecule has 0 aliphatic rings. The highest BCUT2D eigenvalue weighted by Gasteiger charge is 2.13. The van der Waals surface area contributed by atoms with Crippen molar-refractivity contribution >= 4 is 11.4 Å². The molecule has 2 aromatic rings. The highest BCUT2D eigenvalue weighted by molar-refractivity contribution is 5.94. The molecule has 0 aromatic carbocycles. The third kappa shape index (κ3) is 1.13. The standard InChI is InChI=1S/C11H12N2O/c1-7-5-4-6-10-12-8(2)11(9(3)14)13(7)10/h4-6H,1-3H3. The van der Waals surface area contributed by atoms with E-state index in [1.807, 2.05) is 36.4 Å². The number of fused-ring (bicyclic) bond motifs is 1. The first-order chi connectivity index (χ1) is 6.61. The number of aromatic nitrogens is 2. The predicted octanol–water partition coefficient (Wildman–Crippen LogP) is 2.15. The summed E-state index contributed by atoms with van der Waals surface area (Å²) in [5.74, 6) is 0.0595. The van der Waals surface area contributed by atoms with E-state index in [0.29, 0.717) is 5.69 Å². The summed E-state index contributed by atoms with van der Waals surface area (Å²) < 4.78 is 1.90. The molecule has 2 heterocycles. The lowest BCUT2D eigenvalue weighted by Crippen LogP contribution is -2.02. The van der Waals surface area contributed by atoms with E-state index in [1.54, 1.807) is 6.92 Å². The van der Waals surface area contributed by atoms with Crippen LogP contribution in [-0.4, -0.2) is 15.2 Å². The van der Waals surface area contributed by atoms with E-state index >= 15 is 0 Å². The molecule has 3 nitrogen and oxygen atoms in total. The fourth-order valence-electron chi connectivity index (χ4n) is 1.78. The molecule has 0 aliphatic heterocycles. The lowest BCUT2D eigenvalue weighted by atomic mass is 10.2. The Bertz CT molecular complexity index is 511. The van der Waals surface area contributed by atoms with Crippen molar-refractivity contribution in [3.8, 4) is 0 Å². The molecule has 14 heavy (non-hydrogen) atoms. The lowest BCUT2D eigenvalue weighted by Gasteiger charge is -2.02. The summed E-state index contributed by atoms with van der Waals surface area (Å²) in [7, 11) is 0. The van der Waals surface area contributed by atoms with Gasteiger partial charge in [-0.1, -0.05) is 6.07 Å². The van der Waals surface area contributed by atoms with Crippen LogP contribution in [0.5, 0.6) is 0 Å². The second kappa shape index (κ2) is 2.94. The van der Waals surface area contributed by atoms with Gasteiger partial charge in [0.2, 0.25) is 0 Å². The SMILES string of the molecule is CC(=O)c1c(C)nc2cccc(C)n12. The summed E-state index contributed by atoms with van der Waals surface area (Å²) in [6.45, 7) is 5.41. The van der Waals surface area contributed by atoms with Crippen LogP contribution in [0.25, 0.3) is 5.65 Å². The second-order valence-corrected chi connectivity index (χ2v) is 3.46. The van der Waals surface area contributed by atoms with E-state index in [2.05, 4.69) is 4.98 Å². The smallest absolute Gasteiger partial charge is 0.178 e. The van der Waals surface area contributed by atoms with Crippen LogP contribution >= 0.6 is 0 Å². The number of carbonyl (C=O) groups excluding carboxylic acids is 1. The van der Waals surface area contributed by atoms with Crippen molar-refractivity contribution in [3.05, 3.63) is 35.3 Å². The number of ketones is 1. The summed E-state index contributed by atoms with van der Waals surface area (Å²) in [5.41, 5.74) is 3.37. The Kier molecular flexibility index (Phi) is 1.88. The van der Waals surface area contributed by atoms with Crippen LogP contribution in [0.2, 0.25) is 0 Å². The van der Waals surface area contributed by atoms with Crippen LogP contribution in [0.3, 0.4) is 0 Å². The molecule has 3 heteroatoms. The maximum absolute atomic E-state index is 11.4. The van der Waals surface area contributed by atoms with Crippen LogP contribution < -0.4 is 0 Å². The molecule has 2 aromatic heterocycles. The van der Waals surface area contributed by atoms with Crippen LogP contribution in [0.1, 0.15) is 28.8 Å². The highest BCUT2D eigenvalue weighted by atomic mass is 16.1. The number of rotatable bonds is 1.